The third-order valence-electron chi connectivity index (χ3n) is 6.05. The minimum atomic E-state index is -1.19. The summed E-state index contributed by atoms with van der Waals surface area (Å²) < 4.78 is 6.33. The van der Waals surface area contributed by atoms with Crippen molar-refractivity contribution < 1.29 is 24.5 Å². The van der Waals surface area contributed by atoms with Gasteiger partial charge in [0.25, 0.3) is 0 Å². The second kappa shape index (κ2) is 10.9. The first-order valence-corrected chi connectivity index (χ1v) is 11.6. The van der Waals surface area contributed by atoms with Crippen LogP contribution in [-0.4, -0.2) is 58.8 Å². The molecular weight excluding hydrogens is 476 g/mol. The average molecular weight is 505 g/mol. The summed E-state index contributed by atoms with van der Waals surface area (Å²) in [4.78, 5) is 30.4. The lowest BCUT2D eigenvalue weighted by molar-refractivity contribution is 0.0695. The molecule has 0 atom stereocenters. The molecule has 32 heavy (non-hydrogen) atoms. The van der Waals surface area contributed by atoms with Crippen LogP contribution in [0.25, 0.3) is 11.1 Å². The van der Waals surface area contributed by atoms with Gasteiger partial charge in [0.2, 0.25) is 5.88 Å². The number of carboxylic acids is 2. The predicted octanol–water partition coefficient (Wildman–Crippen LogP) is 5.11. The largest absolute Gasteiger partial charge is 0.478 e. The fraction of sp³-hybridized carbons (Fsp3) is 0.458. The van der Waals surface area contributed by atoms with Gasteiger partial charge in [0.1, 0.15) is 0 Å². The van der Waals surface area contributed by atoms with E-state index in [0.29, 0.717) is 28.1 Å². The Kier molecular flexibility index (Phi) is 8.26. The Hall–Kier alpha value is -2.45. The quantitative estimate of drug-likeness (QED) is 0.457. The molecule has 1 aromatic carbocycles. The van der Waals surface area contributed by atoms with Crippen molar-refractivity contribution in [2.45, 2.75) is 39.0 Å². The normalized spacial score (nSPS) is 15.0. The third kappa shape index (κ3) is 5.86. The number of carboxylic acid groups (broad SMARTS) is 2. The molecular formula is C24H29BrN2O5. The maximum atomic E-state index is 11.9. The summed E-state index contributed by atoms with van der Waals surface area (Å²) in [6, 6.07) is 4.54. The van der Waals surface area contributed by atoms with Crippen LogP contribution in [0.15, 0.2) is 28.9 Å². The molecule has 0 radical (unpaired) electrons. The molecule has 0 amide bonds. The lowest BCUT2D eigenvalue weighted by Gasteiger charge is -2.28. The first-order valence-electron chi connectivity index (χ1n) is 10.9. The van der Waals surface area contributed by atoms with Crippen molar-refractivity contribution in [3.8, 4) is 17.0 Å². The van der Waals surface area contributed by atoms with Crippen LogP contribution in [0, 0.1) is 12.8 Å². The Morgan fingerprint density at radius 2 is 1.91 bits per heavy atom. The Morgan fingerprint density at radius 1 is 1.19 bits per heavy atom. The minimum Gasteiger partial charge on any atom is -0.478 e. The van der Waals surface area contributed by atoms with Gasteiger partial charge in [-0.1, -0.05) is 12.5 Å². The molecule has 172 valence electrons. The Morgan fingerprint density at radius 3 is 2.56 bits per heavy atom. The number of pyridine rings is 1. The van der Waals surface area contributed by atoms with Crippen LogP contribution >= 0.6 is 15.9 Å². The van der Waals surface area contributed by atoms with E-state index in [9.17, 15) is 19.8 Å². The molecule has 1 saturated heterocycles. The SMILES string of the molecule is Cc1ccc(C(=O)O)c(-c2cc(OCCCCC3CCN(C)CC3)ncc2Br)c1C(=O)O. The number of aryl methyl sites for hydroxylation is 1. The van der Waals surface area contributed by atoms with Crippen LogP contribution < -0.4 is 4.74 Å². The maximum Gasteiger partial charge on any atom is 0.336 e. The number of likely N-dealkylation sites (tertiary alicyclic amines) is 1. The summed E-state index contributed by atoms with van der Waals surface area (Å²) >= 11 is 3.39. The summed E-state index contributed by atoms with van der Waals surface area (Å²) in [5.74, 6) is -1.24. The number of rotatable bonds is 9. The molecule has 1 aromatic heterocycles. The predicted molar refractivity (Wildman–Crippen MR) is 126 cm³/mol. The molecule has 1 aliphatic rings. The number of piperidine rings is 1. The molecule has 0 unspecified atom stereocenters. The number of benzene rings is 1. The van der Waals surface area contributed by atoms with Gasteiger partial charge in [-0.2, -0.15) is 0 Å². The van der Waals surface area contributed by atoms with Crippen LogP contribution in [0.4, 0.5) is 0 Å². The van der Waals surface area contributed by atoms with Crippen molar-refractivity contribution in [1.82, 2.24) is 9.88 Å². The number of ether oxygens (including phenoxy) is 1. The average Bonchev–Trinajstić information content (AvgIpc) is 2.75. The van der Waals surface area contributed by atoms with Gasteiger partial charge < -0.3 is 19.8 Å². The highest BCUT2D eigenvalue weighted by molar-refractivity contribution is 9.10. The molecule has 1 aliphatic heterocycles. The minimum absolute atomic E-state index is 0.0409. The van der Waals surface area contributed by atoms with Gasteiger partial charge in [-0.3, -0.25) is 0 Å². The van der Waals surface area contributed by atoms with E-state index in [-0.39, 0.29) is 16.7 Å². The van der Waals surface area contributed by atoms with Gasteiger partial charge in [0.15, 0.2) is 0 Å². The zero-order valence-electron chi connectivity index (χ0n) is 18.4. The van der Waals surface area contributed by atoms with E-state index in [1.807, 2.05) is 0 Å². The monoisotopic (exact) mass is 504 g/mol. The molecule has 2 aromatic rings. The van der Waals surface area contributed by atoms with Gasteiger partial charge >= 0.3 is 11.9 Å². The molecule has 0 spiro atoms. The molecule has 7 nitrogen and oxygen atoms in total. The zero-order chi connectivity index (χ0) is 23.3. The topological polar surface area (TPSA) is 100.0 Å². The van der Waals surface area contributed by atoms with Crippen molar-refractivity contribution in [1.29, 1.82) is 0 Å². The molecule has 3 rings (SSSR count). The number of unbranched alkanes of at least 4 members (excludes halogenated alkanes) is 1. The highest BCUT2D eigenvalue weighted by Crippen LogP contribution is 2.37. The maximum absolute atomic E-state index is 11.9. The number of aromatic nitrogens is 1. The van der Waals surface area contributed by atoms with Crippen molar-refractivity contribution in [3.63, 3.8) is 0 Å². The number of halogens is 1. The zero-order valence-corrected chi connectivity index (χ0v) is 20.0. The Labute approximate surface area is 196 Å². The third-order valence-corrected chi connectivity index (χ3v) is 6.68. The smallest absolute Gasteiger partial charge is 0.336 e. The van der Waals surface area contributed by atoms with Crippen molar-refractivity contribution in [2.75, 3.05) is 26.7 Å². The number of carbonyl (C=O) groups is 2. The van der Waals surface area contributed by atoms with E-state index in [0.717, 1.165) is 18.8 Å². The first kappa shape index (κ1) is 24.2. The van der Waals surface area contributed by atoms with Crippen molar-refractivity contribution in [3.05, 3.63) is 45.6 Å². The number of nitrogens with zero attached hydrogens (tertiary/aromatic N) is 2. The molecule has 1 fully saturated rings. The number of hydrogen-bond acceptors (Lipinski definition) is 5. The van der Waals surface area contributed by atoms with E-state index >= 15 is 0 Å². The molecule has 0 saturated carbocycles. The van der Waals surface area contributed by atoms with Crippen LogP contribution in [0.3, 0.4) is 0 Å². The fourth-order valence-corrected chi connectivity index (χ4v) is 4.61. The van der Waals surface area contributed by atoms with E-state index in [1.165, 1.54) is 50.7 Å². The van der Waals surface area contributed by atoms with E-state index < -0.39 is 11.9 Å². The molecule has 0 bridgehead atoms. The van der Waals surface area contributed by atoms with Crippen molar-refractivity contribution in [2.24, 2.45) is 5.92 Å². The van der Waals surface area contributed by atoms with Crippen LogP contribution in [-0.2, 0) is 0 Å². The van der Waals surface area contributed by atoms with Crippen LogP contribution in [0.5, 0.6) is 5.88 Å². The lowest BCUT2D eigenvalue weighted by atomic mass is 9.91. The molecule has 2 N–H and O–H groups in total. The number of hydrogen-bond donors (Lipinski definition) is 2. The van der Waals surface area contributed by atoms with Gasteiger partial charge in [-0.05, 0) is 86.2 Å². The summed E-state index contributed by atoms with van der Waals surface area (Å²) in [6.45, 7) is 4.49. The standard InChI is InChI=1S/C24H29BrN2O5/c1-15-6-7-17(23(28)29)22(21(15)24(30)31)18-13-20(26-14-19(18)25)32-12-4-3-5-16-8-10-27(2)11-9-16/h6-7,13-14,16H,3-5,8-12H2,1-2H3,(H,28,29)(H,30,31). The molecule has 0 aliphatic carbocycles. The van der Waals surface area contributed by atoms with Gasteiger partial charge in [0.05, 0.1) is 17.7 Å². The Balaban J connectivity index is 1.72. The molecule has 8 heteroatoms. The van der Waals surface area contributed by atoms with Gasteiger partial charge in [0, 0.05) is 27.9 Å². The van der Waals surface area contributed by atoms with Gasteiger partial charge in [-0.15, -0.1) is 0 Å². The van der Waals surface area contributed by atoms with Crippen LogP contribution in [0.1, 0.15) is 58.4 Å². The number of aromatic carboxylic acids is 2. The first-order chi connectivity index (χ1) is 15.3. The Bertz CT molecular complexity index is 987. The molecule has 2 heterocycles. The highest BCUT2D eigenvalue weighted by atomic mass is 79.9. The lowest BCUT2D eigenvalue weighted by Crippen LogP contribution is -2.30. The highest BCUT2D eigenvalue weighted by Gasteiger charge is 2.24. The van der Waals surface area contributed by atoms with Gasteiger partial charge in [-0.25, -0.2) is 14.6 Å². The summed E-state index contributed by atoms with van der Waals surface area (Å²) in [5.41, 5.74) is 0.939. The summed E-state index contributed by atoms with van der Waals surface area (Å²) in [5, 5.41) is 19.4. The van der Waals surface area contributed by atoms with E-state index in [1.54, 1.807) is 13.0 Å². The fourth-order valence-electron chi connectivity index (χ4n) is 4.19. The van der Waals surface area contributed by atoms with Crippen LogP contribution in [0.2, 0.25) is 0 Å². The second-order valence-corrected chi connectivity index (χ2v) is 9.24. The van der Waals surface area contributed by atoms with E-state index in [2.05, 4.69) is 32.9 Å². The summed E-state index contributed by atoms with van der Waals surface area (Å²) in [6.07, 6.45) is 7.21. The van der Waals surface area contributed by atoms with Crippen molar-refractivity contribution >= 4 is 27.9 Å². The second-order valence-electron chi connectivity index (χ2n) is 8.38. The summed E-state index contributed by atoms with van der Waals surface area (Å²) in [7, 11) is 2.17. The van der Waals surface area contributed by atoms with E-state index in [4.69, 9.17) is 4.74 Å².